The van der Waals surface area contributed by atoms with E-state index in [-0.39, 0.29) is 0 Å². The average molecular weight is 407 g/mol. The van der Waals surface area contributed by atoms with Crippen molar-refractivity contribution < 1.29 is 9.90 Å². The minimum atomic E-state index is -0.933. The van der Waals surface area contributed by atoms with Gasteiger partial charge in [0.05, 0.1) is 0 Å². The molecule has 0 aromatic heterocycles. The van der Waals surface area contributed by atoms with Crippen LogP contribution in [0.15, 0.2) is 0 Å². The van der Waals surface area contributed by atoms with E-state index in [1.54, 1.807) is 24.6 Å². The fourth-order valence-electron chi connectivity index (χ4n) is 3.59. The van der Waals surface area contributed by atoms with Crippen molar-refractivity contribution in [3.8, 4) is 0 Å². The van der Waals surface area contributed by atoms with Gasteiger partial charge in [-0.1, -0.05) is 6.42 Å². The molecule has 1 atom stereocenters. The van der Waals surface area contributed by atoms with Crippen molar-refractivity contribution in [1.82, 2.24) is 0 Å². The molecule has 0 aromatic rings. The predicted octanol–water partition coefficient (Wildman–Crippen LogP) is 5.46. The van der Waals surface area contributed by atoms with Crippen LogP contribution in [-0.2, 0) is 4.79 Å². The van der Waals surface area contributed by atoms with Crippen LogP contribution in [0.1, 0.15) is 98.3 Å². The van der Waals surface area contributed by atoms with Gasteiger partial charge in [0.25, 0.3) is 0 Å². The number of aliphatic carboxylic acids is 1. The van der Waals surface area contributed by atoms with Gasteiger partial charge < -0.3 is 16.6 Å². The van der Waals surface area contributed by atoms with Gasteiger partial charge in [-0.3, -0.25) is 4.79 Å². The molecule has 0 bridgehead atoms. The third-order valence-electron chi connectivity index (χ3n) is 5.53. The van der Waals surface area contributed by atoms with E-state index in [0.717, 1.165) is 12.8 Å². The van der Waals surface area contributed by atoms with Gasteiger partial charge in [0.1, 0.15) is 6.04 Å². The maximum absolute atomic E-state index is 10.1. The van der Waals surface area contributed by atoms with E-state index >= 15 is 0 Å². The summed E-state index contributed by atoms with van der Waals surface area (Å²) in [6.45, 7) is 10.0. The molecule has 0 unspecified atom stereocenters. The smallest absolute Gasteiger partial charge is 0.320 e. The summed E-state index contributed by atoms with van der Waals surface area (Å²) < 4.78 is 0. The number of carboxylic acid groups (broad SMARTS) is 1. The summed E-state index contributed by atoms with van der Waals surface area (Å²) in [5.74, 6) is -0.933. The van der Waals surface area contributed by atoms with Gasteiger partial charge in [-0.05, 0) is 19.4 Å². The van der Waals surface area contributed by atoms with E-state index in [4.69, 9.17) is 16.6 Å². The third-order valence-corrected chi connectivity index (χ3v) is 11.2. The maximum Gasteiger partial charge on any atom is 0.320 e. The summed E-state index contributed by atoms with van der Waals surface area (Å²) >= 11 is 0. The fraction of sp³-hybridized carbons (Fsp3) is 0.955. The molecule has 0 aliphatic heterocycles. The van der Waals surface area contributed by atoms with Crippen molar-refractivity contribution in [2.75, 3.05) is 31.2 Å². The Morgan fingerprint density at radius 1 is 0.778 bits per heavy atom. The van der Waals surface area contributed by atoms with Crippen molar-refractivity contribution >= 4 is 13.2 Å². The summed E-state index contributed by atoms with van der Waals surface area (Å²) in [6.07, 6.45) is 20.3. The van der Waals surface area contributed by atoms with Crippen LogP contribution in [0.3, 0.4) is 0 Å². The zero-order valence-corrected chi connectivity index (χ0v) is 19.9. The van der Waals surface area contributed by atoms with E-state index in [1.807, 2.05) is 0 Å². The van der Waals surface area contributed by atoms with Crippen LogP contribution >= 0.6 is 7.26 Å². The predicted molar refractivity (Wildman–Crippen MR) is 126 cm³/mol. The molecular weight excluding hydrogens is 355 g/mol. The zero-order valence-electron chi connectivity index (χ0n) is 18.9. The molecule has 5 heteroatoms. The standard InChI is InChI=1S/C16H37P.C6H14N2O2/c1-5-9-13-17(14-10-6-2,15-11-7-3)16-12-8-4;7-4-2-1-3-5(8)6(9)10/h17H,5-16H2,1-4H3;5H,1-4,7-8H2,(H,9,10)/t;5-/m.0/s1. The fourth-order valence-corrected chi connectivity index (χ4v) is 9.50. The molecule has 0 spiro atoms. The molecule has 4 nitrogen and oxygen atoms in total. The summed E-state index contributed by atoms with van der Waals surface area (Å²) in [5, 5.41) is 8.33. The molecule has 0 rings (SSSR count). The van der Waals surface area contributed by atoms with Crippen LogP contribution in [0.5, 0.6) is 0 Å². The van der Waals surface area contributed by atoms with Crippen molar-refractivity contribution in [1.29, 1.82) is 0 Å². The van der Waals surface area contributed by atoms with E-state index in [1.165, 1.54) is 51.4 Å². The summed E-state index contributed by atoms with van der Waals surface area (Å²) in [6, 6.07) is -0.716. The largest absolute Gasteiger partial charge is 0.480 e. The summed E-state index contributed by atoms with van der Waals surface area (Å²) in [4.78, 5) is 10.1. The van der Waals surface area contributed by atoms with E-state index in [2.05, 4.69) is 27.7 Å². The van der Waals surface area contributed by atoms with Gasteiger partial charge in [0.15, 0.2) is 0 Å². The van der Waals surface area contributed by atoms with E-state index in [0.29, 0.717) is 13.0 Å². The Morgan fingerprint density at radius 3 is 1.41 bits per heavy atom. The Labute approximate surface area is 170 Å². The molecule has 0 aliphatic rings. The van der Waals surface area contributed by atoms with Crippen LogP contribution in [0.25, 0.3) is 0 Å². The number of carbonyl (C=O) groups is 1. The zero-order chi connectivity index (χ0) is 21.0. The first-order valence-corrected chi connectivity index (χ1v) is 14.4. The van der Waals surface area contributed by atoms with Crippen LogP contribution in [0, 0.1) is 0 Å². The Kier molecular flexibility index (Phi) is 22.1. The van der Waals surface area contributed by atoms with E-state index in [9.17, 15) is 4.79 Å². The van der Waals surface area contributed by atoms with Crippen LogP contribution in [-0.4, -0.2) is 48.3 Å². The second-order valence-corrected chi connectivity index (χ2v) is 13.1. The van der Waals surface area contributed by atoms with Crippen LogP contribution in [0.2, 0.25) is 0 Å². The minimum absolute atomic E-state index is 0.520. The molecule has 0 fully saturated rings. The van der Waals surface area contributed by atoms with Gasteiger partial charge in [0, 0.05) is 0 Å². The minimum Gasteiger partial charge on any atom is -0.480 e. The normalized spacial score (nSPS) is 13.0. The number of hydrogen-bond acceptors (Lipinski definition) is 3. The molecule has 0 saturated heterocycles. The van der Waals surface area contributed by atoms with E-state index < -0.39 is 19.3 Å². The molecule has 0 heterocycles. The number of rotatable bonds is 17. The maximum atomic E-state index is 10.1. The molecule has 166 valence electrons. The average Bonchev–Trinajstić information content (AvgIpc) is 2.67. The Morgan fingerprint density at radius 2 is 1.15 bits per heavy atom. The van der Waals surface area contributed by atoms with Gasteiger partial charge in [0.2, 0.25) is 0 Å². The SMILES string of the molecule is CCCC[PH](CCCC)(CCCC)CCCC.NCCCC[C@H](N)C(=O)O. The Balaban J connectivity index is 0. The molecule has 0 radical (unpaired) electrons. The van der Waals surface area contributed by atoms with Crippen LogP contribution < -0.4 is 11.5 Å². The second-order valence-electron chi connectivity index (χ2n) is 8.14. The number of hydrogen-bond donors (Lipinski definition) is 3. The third kappa shape index (κ3) is 17.6. The van der Waals surface area contributed by atoms with Crippen molar-refractivity contribution in [3.05, 3.63) is 0 Å². The monoisotopic (exact) mass is 406 g/mol. The molecule has 0 amide bonds. The van der Waals surface area contributed by atoms with Crippen molar-refractivity contribution in [2.24, 2.45) is 11.5 Å². The van der Waals surface area contributed by atoms with Crippen molar-refractivity contribution in [2.45, 2.75) is 104 Å². The van der Waals surface area contributed by atoms with Gasteiger partial charge in [-0.15, -0.1) is 0 Å². The first-order valence-electron chi connectivity index (χ1n) is 11.6. The number of unbranched alkanes of at least 4 members (excludes halogenated alkanes) is 5. The topological polar surface area (TPSA) is 89.3 Å². The first kappa shape index (κ1) is 29.0. The quantitative estimate of drug-likeness (QED) is 0.221. The summed E-state index contributed by atoms with van der Waals surface area (Å²) in [7, 11) is -0.879. The molecule has 5 N–H and O–H groups in total. The first-order chi connectivity index (χ1) is 12.9. The Hall–Kier alpha value is -0.180. The number of carboxylic acids is 1. The second kappa shape index (κ2) is 20.6. The van der Waals surface area contributed by atoms with Gasteiger partial charge in [-0.2, -0.15) is 0 Å². The summed E-state index contributed by atoms with van der Waals surface area (Å²) in [5.41, 5.74) is 10.4. The van der Waals surface area contributed by atoms with Crippen LogP contribution in [0.4, 0.5) is 0 Å². The number of nitrogens with two attached hydrogens (primary N) is 2. The van der Waals surface area contributed by atoms with Gasteiger partial charge >= 0.3 is 117 Å². The molecule has 0 aromatic carbocycles. The Bertz CT molecular complexity index is 290. The molecule has 27 heavy (non-hydrogen) atoms. The van der Waals surface area contributed by atoms with Gasteiger partial charge in [-0.25, -0.2) is 0 Å². The van der Waals surface area contributed by atoms with Crippen molar-refractivity contribution in [3.63, 3.8) is 0 Å². The molecule has 0 aliphatic carbocycles. The molecular formula is C22H51N2O2P. The molecule has 0 saturated carbocycles.